The Balaban J connectivity index is 1.89. The summed E-state index contributed by atoms with van der Waals surface area (Å²) in [5.74, 6) is -1.09. The lowest BCUT2D eigenvalue weighted by Crippen LogP contribution is -2.58. The molecule has 0 radical (unpaired) electrons. The molecule has 0 bridgehead atoms. The van der Waals surface area contributed by atoms with Crippen molar-refractivity contribution in [1.82, 2.24) is 9.88 Å². The molecule has 2 atom stereocenters. The van der Waals surface area contributed by atoms with Gasteiger partial charge in [-0.3, -0.25) is 9.59 Å². The van der Waals surface area contributed by atoms with Gasteiger partial charge in [-0.05, 0) is 42.7 Å². The normalized spacial score (nSPS) is 21.9. The molecule has 0 unspecified atom stereocenters. The molecule has 1 amide bonds. The average Bonchev–Trinajstić information content (AvgIpc) is 2.69. The first-order chi connectivity index (χ1) is 13.4. The number of hydrogen-bond acceptors (Lipinski definition) is 6. The molecule has 0 spiro atoms. The molecule has 3 rings (SSSR count). The summed E-state index contributed by atoms with van der Waals surface area (Å²) in [6.45, 7) is 0.0673. The molecule has 1 fully saturated rings. The van der Waals surface area contributed by atoms with Gasteiger partial charge >= 0.3 is 5.97 Å². The maximum absolute atomic E-state index is 12.8. The van der Waals surface area contributed by atoms with E-state index in [0.717, 1.165) is 6.20 Å². The Morgan fingerprint density at radius 1 is 1.32 bits per heavy atom. The van der Waals surface area contributed by atoms with E-state index < -0.39 is 23.4 Å². The molecular formula is C20H22N2O6. The van der Waals surface area contributed by atoms with Gasteiger partial charge in [0.2, 0.25) is 0 Å². The van der Waals surface area contributed by atoms with E-state index in [-0.39, 0.29) is 37.4 Å². The van der Waals surface area contributed by atoms with Crippen molar-refractivity contribution in [2.75, 3.05) is 20.2 Å². The predicted octanol–water partition coefficient (Wildman–Crippen LogP) is 1.32. The van der Waals surface area contributed by atoms with Crippen LogP contribution in [-0.2, 0) is 11.2 Å². The van der Waals surface area contributed by atoms with E-state index in [0.29, 0.717) is 11.3 Å². The fourth-order valence-electron chi connectivity index (χ4n) is 3.53. The Morgan fingerprint density at radius 2 is 2.11 bits per heavy atom. The van der Waals surface area contributed by atoms with Crippen LogP contribution in [0.2, 0.25) is 0 Å². The van der Waals surface area contributed by atoms with Gasteiger partial charge in [-0.1, -0.05) is 12.1 Å². The molecule has 148 valence electrons. The summed E-state index contributed by atoms with van der Waals surface area (Å²) in [4.78, 5) is 30.3. The molecule has 2 aromatic rings. The fourth-order valence-corrected chi connectivity index (χ4v) is 3.53. The number of rotatable bonds is 5. The zero-order chi connectivity index (χ0) is 20.3. The molecule has 1 aliphatic rings. The number of nitrogens with zero attached hydrogens (tertiary/aromatic N) is 2. The van der Waals surface area contributed by atoms with Gasteiger partial charge in [-0.2, -0.15) is 0 Å². The molecule has 28 heavy (non-hydrogen) atoms. The van der Waals surface area contributed by atoms with Gasteiger partial charge < -0.3 is 25.0 Å². The van der Waals surface area contributed by atoms with E-state index in [1.54, 1.807) is 24.3 Å². The van der Waals surface area contributed by atoms with Gasteiger partial charge in [0.25, 0.3) is 5.91 Å². The number of aliphatic hydroxyl groups is 1. The first-order valence-corrected chi connectivity index (χ1v) is 8.84. The van der Waals surface area contributed by atoms with Crippen LogP contribution in [0.1, 0.15) is 22.5 Å². The minimum absolute atomic E-state index is 0.0491. The number of methoxy groups -OCH3 is 1. The summed E-state index contributed by atoms with van der Waals surface area (Å²) in [5.41, 5.74) is -0.746. The lowest BCUT2D eigenvalue weighted by molar-refractivity contribution is -0.161. The molecule has 1 aromatic carbocycles. The van der Waals surface area contributed by atoms with Crippen LogP contribution in [0.5, 0.6) is 11.5 Å². The minimum atomic E-state index is -1.54. The van der Waals surface area contributed by atoms with Crippen LogP contribution in [0.3, 0.4) is 0 Å². The number of carbonyl (C=O) groups excluding carboxylic acids is 1. The van der Waals surface area contributed by atoms with E-state index in [9.17, 15) is 24.9 Å². The standard InChI is InChI=1S/C20H22N2O6/c1-28-15-4-2-3-13(9-15)10-20(19(26)27)12-22(8-7-17(20)24)18(25)16-6-5-14(23)11-21-16/h2-6,9,11,17,23-24H,7-8,10,12H2,1H3,(H,26,27)/t17-,20-/m1/s1. The zero-order valence-electron chi connectivity index (χ0n) is 15.4. The molecular weight excluding hydrogens is 364 g/mol. The lowest BCUT2D eigenvalue weighted by atomic mass is 9.72. The number of benzene rings is 1. The summed E-state index contributed by atoms with van der Waals surface area (Å²) in [6, 6.07) is 9.72. The molecule has 1 saturated heterocycles. The van der Waals surface area contributed by atoms with Crippen molar-refractivity contribution in [3.8, 4) is 11.5 Å². The average molecular weight is 386 g/mol. The maximum Gasteiger partial charge on any atom is 0.314 e. The maximum atomic E-state index is 12.8. The third kappa shape index (κ3) is 3.77. The summed E-state index contributed by atoms with van der Waals surface area (Å²) in [5, 5.41) is 29.9. The van der Waals surface area contributed by atoms with Gasteiger partial charge in [0.1, 0.15) is 22.6 Å². The number of amides is 1. The van der Waals surface area contributed by atoms with Crippen molar-refractivity contribution in [3.63, 3.8) is 0 Å². The largest absolute Gasteiger partial charge is 0.506 e. The van der Waals surface area contributed by atoms with E-state index in [1.165, 1.54) is 24.1 Å². The van der Waals surface area contributed by atoms with Crippen LogP contribution in [-0.4, -0.2) is 63.4 Å². The molecule has 1 aliphatic heterocycles. The van der Waals surface area contributed by atoms with Crippen molar-refractivity contribution in [2.24, 2.45) is 5.41 Å². The number of carboxylic acid groups (broad SMARTS) is 1. The Hall–Kier alpha value is -3.13. The molecule has 0 aliphatic carbocycles. The van der Waals surface area contributed by atoms with Crippen LogP contribution in [0, 0.1) is 5.41 Å². The van der Waals surface area contributed by atoms with Crippen LogP contribution in [0.4, 0.5) is 0 Å². The Kier molecular flexibility index (Phi) is 5.51. The first kappa shape index (κ1) is 19.6. The number of carbonyl (C=O) groups is 2. The number of aliphatic hydroxyl groups excluding tert-OH is 1. The number of piperidine rings is 1. The Morgan fingerprint density at radius 3 is 2.75 bits per heavy atom. The number of hydrogen-bond donors (Lipinski definition) is 3. The smallest absolute Gasteiger partial charge is 0.314 e. The summed E-state index contributed by atoms with van der Waals surface area (Å²) in [7, 11) is 1.52. The fraction of sp³-hybridized carbons (Fsp3) is 0.350. The van der Waals surface area contributed by atoms with E-state index in [4.69, 9.17) is 4.74 Å². The van der Waals surface area contributed by atoms with Crippen molar-refractivity contribution in [2.45, 2.75) is 18.9 Å². The first-order valence-electron chi connectivity index (χ1n) is 8.84. The van der Waals surface area contributed by atoms with Gasteiger partial charge in [0.15, 0.2) is 0 Å². The highest BCUT2D eigenvalue weighted by atomic mass is 16.5. The van der Waals surface area contributed by atoms with Crippen molar-refractivity contribution >= 4 is 11.9 Å². The van der Waals surface area contributed by atoms with Crippen molar-refractivity contribution in [1.29, 1.82) is 0 Å². The van der Waals surface area contributed by atoms with E-state index >= 15 is 0 Å². The zero-order valence-corrected chi connectivity index (χ0v) is 15.4. The van der Waals surface area contributed by atoms with Crippen molar-refractivity contribution < 1.29 is 29.6 Å². The van der Waals surface area contributed by atoms with Gasteiger partial charge in [-0.25, -0.2) is 4.98 Å². The SMILES string of the molecule is COc1cccc(C[C@@]2(C(=O)O)CN(C(=O)c3ccc(O)cn3)CC[C@H]2O)c1. The highest BCUT2D eigenvalue weighted by Gasteiger charge is 2.50. The van der Waals surface area contributed by atoms with Crippen molar-refractivity contribution in [3.05, 3.63) is 53.9 Å². The Bertz CT molecular complexity index is 869. The molecule has 3 N–H and O–H groups in total. The van der Waals surface area contributed by atoms with Crippen LogP contribution in [0.25, 0.3) is 0 Å². The second-order valence-electron chi connectivity index (χ2n) is 6.92. The second kappa shape index (κ2) is 7.85. The number of aliphatic carboxylic acids is 1. The quantitative estimate of drug-likeness (QED) is 0.709. The van der Waals surface area contributed by atoms with Gasteiger partial charge in [0.05, 0.1) is 19.4 Å². The number of ether oxygens (including phenoxy) is 1. The summed E-state index contributed by atoms with van der Waals surface area (Å²) >= 11 is 0. The highest BCUT2D eigenvalue weighted by molar-refractivity contribution is 5.93. The Labute approximate surface area is 162 Å². The number of pyridine rings is 1. The lowest BCUT2D eigenvalue weighted by Gasteiger charge is -2.43. The molecule has 8 heteroatoms. The number of likely N-dealkylation sites (tertiary alicyclic amines) is 1. The minimum Gasteiger partial charge on any atom is -0.506 e. The van der Waals surface area contributed by atoms with Crippen LogP contribution >= 0.6 is 0 Å². The highest BCUT2D eigenvalue weighted by Crippen LogP contribution is 2.36. The second-order valence-corrected chi connectivity index (χ2v) is 6.92. The molecule has 0 saturated carbocycles. The number of carboxylic acids is 1. The van der Waals surface area contributed by atoms with E-state index in [2.05, 4.69) is 4.98 Å². The topological polar surface area (TPSA) is 120 Å². The molecule has 8 nitrogen and oxygen atoms in total. The summed E-state index contributed by atoms with van der Waals surface area (Å²) in [6.07, 6.45) is 0.244. The third-order valence-electron chi connectivity index (χ3n) is 5.12. The number of aromatic nitrogens is 1. The van der Waals surface area contributed by atoms with Crippen LogP contribution in [0.15, 0.2) is 42.6 Å². The van der Waals surface area contributed by atoms with Gasteiger partial charge in [0, 0.05) is 13.1 Å². The van der Waals surface area contributed by atoms with Gasteiger partial charge in [-0.15, -0.1) is 0 Å². The third-order valence-corrected chi connectivity index (χ3v) is 5.12. The van der Waals surface area contributed by atoms with Crippen LogP contribution < -0.4 is 4.74 Å². The number of aromatic hydroxyl groups is 1. The van der Waals surface area contributed by atoms with E-state index in [1.807, 2.05) is 0 Å². The summed E-state index contributed by atoms with van der Waals surface area (Å²) < 4.78 is 5.19. The molecule has 2 heterocycles. The predicted molar refractivity (Wildman–Crippen MR) is 99.2 cm³/mol. The monoisotopic (exact) mass is 386 g/mol. The molecule has 1 aromatic heterocycles.